The minimum absolute atomic E-state index is 0.288. The molecule has 52 heavy (non-hydrogen) atoms. The number of cyclic esters (lactones) is 1. The van der Waals surface area contributed by atoms with Gasteiger partial charge in [0.15, 0.2) is 5.60 Å². The highest BCUT2D eigenvalue weighted by molar-refractivity contribution is 5.99. The van der Waals surface area contributed by atoms with Gasteiger partial charge in [-0.2, -0.15) is 0 Å². The minimum Gasteiger partial charge on any atom is -0.493 e. The molecule has 0 amide bonds. The highest BCUT2D eigenvalue weighted by atomic mass is 16.6. The zero-order valence-corrected chi connectivity index (χ0v) is 33.3. The van der Waals surface area contributed by atoms with Gasteiger partial charge in [0.2, 0.25) is 0 Å². The van der Waals surface area contributed by atoms with Crippen LogP contribution in [-0.4, -0.2) is 30.6 Å². The summed E-state index contributed by atoms with van der Waals surface area (Å²) >= 11 is 0. The number of unbranched alkanes of at least 4 members (excludes halogenated alkanes) is 11. The number of hydrogen-bond acceptors (Lipinski definition) is 4. The summed E-state index contributed by atoms with van der Waals surface area (Å²) < 4.78 is 13.3. The maximum Gasteiger partial charge on any atom is 0.340 e. The molecule has 1 aliphatic rings. The van der Waals surface area contributed by atoms with Crippen LogP contribution in [-0.2, 0) is 10.3 Å². The van der Waals surface area contributed by atoms with Crippen LogP contribution in [0.4, 0.5) is 5.69 Å². The molecule has 1 aromatic heterocycles. The van der Waals surface area contributed by atoms with E-state index in [0.717, 1.165) is 52.4 Å². The van der Waals surface area contributed by atoms with Crippen molar-refractivity contribution in [3.05, 3.63) is 94.2 Å². The Morgan fingerprint density at radius 1 is 0.731 bits per heavy atom. The van der Waals surface area contributed by atoms with Crippen LogP contribution in [0.25, 0.3) is 10.9 Å². The predicted octanol–water partition coefficient (Wildman–Crippen LogP) is 13.2. The molecule has 0 saturated carbocycles. The minimum atomic E-state index is -1.16. The van der Waals surface area contributed by atoms with Crippen molar-refractivity contribution in [1.29, 1.82) is 0 Å². The third-order valence-electron chi connectivity index (χ3n) is 11.4. The molecule has 0 radical (unpaired) electrons. The number of esters is 1. The van der Waals surface area contributed by atoms with E-state index in [-0.39, 0.29) is 5.97 Å². The molecule has 0 aliphatic carbocycles. The first kappa shape index (κ1) is 39.5. The summed E-state index contributed by atoms with van der Waals surface area (Å²) in [7, 11) is 0. The lowest BCUT2D eigenvalue weighted by Gasteiger charge is -2.33. The number of nitrogens with zero attached hydrogens (tertiary/aromatic N) is 1. The molecule has 5 nitrogen and oxygen atoms in total. The quantitative estimate of drug-likeness (QED) is 0.0616. The molecular formula is C47H66N2O3. The second-order valence-corrected chi connectivity index (χ2v) is 15.0. The molecule has 0 spiro atoms. The van der Waals surface area contributed by atoms with E-state index in [4.69, 9.17) is 9.47 Å². The zero-order valence-electron chi connectivity index (χ0n) is 33.3. The number of carbonyl (C=O) groups is 1. The van der Waals surface area contributed by atoms with Gasteiger partial charge in [-0.05, 0) is 76.3 Å². The van der Waals surface area contributed by atoms with Crippen LogP contribution >= 0.6 is 0 Å². The van der Waals surface area contributed by atoms with Crippen LogP contribution in [0.3, 0.4) is 0 Å². The maximum absolute atomic E-state index is 14.0. The Hall–Kier alpha value is -3.73. The number of ether oxygens (including phenoxy) is 2. The van der Waals surface area contributed by atoms with Crippen molar-refractivity contribution in [2.24, 2.45) is 0 Å². The van der Waals surface area contributed by atoms with Gasteiger partial charge in [-0.25, -0.2) is 4.79 Å². The fourth-order valence-electron chi connectivity index (χ4n) is 8.76. The Labute approximate surface area is 314 Å². The van der Waals surface area contributed by atoms with E-state index in [1.807, 2.05) is 25.1 Å². The van der Waals surface area contributed by atoms with E-state index in [0.29, 0.717) is 18.1 Å². The largest absolute Gasteiger partial charge is 0.493 e. The Morgan fingerprint density at radius 2 is 1.37 bits per heavy atom. The summed E-state index contributed by atoms with van der Waals surface area (Å²) in [5.74, 6) is 0.901. The Balaban J connectivity index is 1.66. The van der Waals surface area contributed by atoms with Crippen molar-refractivity contribution in [1.82, 2.24) is 4.98 Å². The van der Waals surface area contributed by atoms with Gasteiger partial charge in [0.05, 0.1) is 12.2 Å². The summed E-state index contributed by atoms with van der Waals surface area (Å²) in [5.41, 5.74) is 6.88. The van der Waals surface area contributed by atoms with Crippen molar-refractivity contribution >= 4 is 22.6 Å². The molecule has 2 unspecified atom stereocenters. The highest BCUT2D eigenvalue weighted by Gasteiger charge is 2.52. The number of anilines is 1. The number of aromatic amines is 1. The average Bonchev–Trinajstić information content (AvgIpc) is 3.66. The summed E-state index contributed by atoms with van der Waals surface area (Å²) in [4.78, 5) is 20.1. The lowest BCUT2D eigenvalue weighted by molar-refractivity contribution is 0.0246. The summed E-state index contributed by atoms with van der Waals surface area (Å²) in [5, 5.41) is 1.21. The van der Waals surface area contributed by atoms with Crippen molar-refractivity contribution in [3.63, 3.8) is 0 Å². The monoisotopic (exact) mass is 707 g/mol. The van der Waals surface area contributed by atoms with Crippen molar-refractivity contribution in [3.8, 4) is 5.75 Å². The number of benzene rings is 3. The number of H-pyrrole nitrogens is 1. The van der Waals surface area contributed by atoms with E-state index in [2.05, 4.69) is 87.0 Å². The molecule has 3 aromatic carbocycles. The number of rotatable bonds is 23. The number of nitrogens with one attached hydrogen (secondary N) is 1. The standard InChI is InChI=1S/C47H66N2O3/c1-7-12-14-16-18-20-22-27-36(26-21-19-17-15-13-8-2)38-29-25-31-42-44(38)45(35(6)48-42)47(40-30-24-23-28-39(40)46(50)52-47)41-33-32-37(49(9-3)10-4)34-43(41)51-11-5/h23-25,28-34,36,48H,7-22,26-27H2,1-6H3. The van der Waals surface area contributed by atoms with Crippen LogP contribution in [0.1, 0.15) is 175 Å². The maximum atomic E-state index is 14.0. The summed E-state index contributed by atoms with van der Waals surface area (Å²) in [6.45, 7) is 15.4. The van der Waals surface area contributed by atoms with E-state index in [1.165, 1.54) is 107 Å². The molecule has 0 saturated heterocycles. The van der Waals surface area contributed by atoms with Crippen LogP contribution in [0.5, 0.6) is 5.75 Å². The van der Waals surface area contributed by atoms with Gasteiger partial charge < -0.3 is 19.4 Å². The fourth-order valence-corrected chi connectivity index (χ4v) is 8.76. The van der Waals surface area contributed by atoms with Crippen molar-refractivity contribution < 1.29 is 14.3 Å². The van der Waals surface area contributed by atoms with E-state index < -0.39 is 5.60 Å². The number of aromatic nitrogens is 1. The molecule has 5 heteroatoms. The Bertz CT molecular complexity index is 1720. The molecule has 4 aromatic rings. The first-order valence-electron chi connectivity index (χ1n) is 20.9. The molecule has 0 fully saturated rings. The average molecular weight is 707 g/mol. The molecule has 2 atom stereocenters. The van der Waals surface area contributed by atoms with Gasteiger partial charge in [-0.15, -0.1) is 0 Å². The first-order chi connectivity index (χ1) is 25.4. The van der Waals surface area contributed by atoms with Crippen molar-refractivity contribution in [2.75, 3.05) is 24.6 Å². The number of hydrogen-bond donors (Lipinski definition) is 1. The van der Waals surface area contributed by atoms with Crippen LogP contribution in [0.2, 0.25) is 0 Å². The SMILES string of the molecule is CCCCCCCCCC(CCCCCCCC)c1cccc2[nH]c(C)c(C3(c4ccc(N(CC)CC)cc4OCC)OC(=O)c4ccccc43)c12. The van der Waals surface area contributed by atoms with E-state index in [9.17, 15) is 4.79 Å². The number of aryl methyl sites for hydroxylation is 1. The third-order valence-corrected chi connectivity index (χ3v) is 11.4. The van der Waals surface area contributed by atoms with Crippen LogP contribution in [0.15, 0.2) is 60.7 Å². The van der Waals surface area contributed by atoms with Gasteiger partial charge in [-0.3, -0.25) is 0 Å². The molecule has 1 aliphatic heterocycles. The number of fused-ring (bicyclic) bond motifs is 2. The van der Waals surface area contributed by atoms with Gasteiger partial charge in [0, 0.05) is 58.1 Å². The topological polar surface area (TPSA) is 54.6 Å². The van der Waals surface area contributed by atoms with Gasteiger partial charge in [0.1, 0.15) is 5.75 Å². The van der Waals surface area contributed by atoms with Crippen LogP contribution < -0.4 is 9.64 Å². The Kier molecular flexibility index (Phi) is 14.7. The summed E-state index contributed by atoms with van der Waals surface area (Å²) in [6, 6.07) is 21.2. The smallest absolute Gasteiger partial charge is 0.340 e. The molecule has 5 rings (SSSR count). The fraction of sp³-hybridized carbons (Fsp3) is 0.553. The van der Waals surface area contributed by atoms with Crippen molar-refractivity contribution in [2.45, 2.75) is 149 Å². The molecule has 282 valence electrons. The van der Waals surface area contributed by atoms with Crippen LogP contribution in [0, 0.1) is 6.92 Å². The molecule has 1 N–H and O–H groups in total. The predicted molar refractivity (Wildman–Crippen MR) is 219 cm³/mol. The molecule has 0 bridgehead atoms. The molecule has 2 heterocycles. The normalized spacial score (nSPS) is 15.9. The van der Waals surface area contributed by atoms with E-state index in [1.54, 1.807) is 0 Å². The summed E-state index contributed by atoms with van der Waals surface area (Å²) in [6.07, 6.45) is 19.3. The Morgan fingerprint density at radius 3 is 2.00 bits per heavy atom. The van der Waals surface area contributed by atoms with Gasteiger partial charge in [-0.1, -0.05) is 128 Å². The van der Waals surface area contributed by atoms with Gasteiger partial charge in [0.25, 0.3) is 0 Å². The third kappa shape index (κ3) is 8.56. The lowest BCUT2D eigenvalue weighted by Crippen LogP contribution is -2.31. The van der Waals surface area contributed by atoms with Gasteiger partial charge >= 0.3 is 5.97 Å². The highest BCUT2D eigenvalue weighted by Crippen LogP contribution is 2.54. The first-order valence-corrected chi connectivity index (χ1v) is 20.9. The second-order valence-electron chi connectivity index (χ2n) is 15.0. The lowest BCUT2D eigenvalue weighted by atomic mass is 9.76. The second kappa shape index (κ2) is 19.4. The van der Waals surface area contributed by atoms with E-state index >= 15 is 0 Å². The number of carbonyl (C=O) groups excluding carboxylic acids is 1. The molecular weight excluding hydrogens is 641 g/mol. The zero-order chi connectivity index (χ0) is 36.9.